The lowest BCUT2D eigenvalue weighted by Gasteiger charge is -2.28. The fraction of sp³-hybridized carbons (Fsp3) is 0.750. The van der Waals surface area contributed by atoms with Crippen molar-refractivity contribution in [3.8, 4) is 0 Å². The maximum Gasteiger partial charge on any atom is 0.277 e. The van der Waals surface area contributed by atoms with Crippen molar-refractivity contribution in [3.05, 3.63) is 5.69 Å². The number of nitrogen functional groups attached to an aromatic ring is 1. The van der Waals surface area contributed by atoms with E-state index in [0.717, 1.165) is 11.8 Å². The van der Waals surface area contributed by atoms with Gasteiger partial charge in [0, 0.05) is 6.04 Å². The summed E-state index contributed by atoms with van der Waals surface area (Å²) in [6.07, 6.45) is 5.24. The van der Waals surface area contributed by atoms with E-state index in [1.165, 1.54) is 25.7 Å². The molecule has 4 atom stereocenters. The normalized spacial score (nSPS) is 31.5. The van der Waals surface area contributed by atoms with Gasteiger partial charge in [0.05, 0.1) is 0 Å². The Morgan fingerprint density at radius 2 is 2.28 bits per heavy atom. The van der Waals surface area contributed by atoms with Crippen molar-refractivity contribution in [2.75, 3.05) is 5.73 Å². The third-order valence-corrected chi connectivity index (χ3v) is 4.52. The highest BCUT2D eigenvalue weighted by molar-refractivity contribution is 5.96. The van der Waals surface area contributed by atoms with Crippen molar-refractivity contribution >= 4 is 11.7 Å². The molecule has 6 heteroatoms. The van der Waals surface area contributed by atoms with Crippen LogP contribution in [0.1, 0.15) is 43.1 Å². The van der Waals surface area contributed by atoms with E-state index in [1.54, 1.807) is 0 Å². The summed E-state index contributed by atoms with van der Waals surface area (Å²) in [6, 6.07) is 0.156. The first-order chi connectivity index (χ1) is 8.65. The van der Waals surface area contributed by atoms with E-state index in [1.807, 2.05) is 0 Å². The van der Waals surface area contributed by atoms with Crippen LogP contribution >= 0.6 is 0 Å². The van der Waals surface area contributed by atoms with Crippen LogP contribution < -0.4 is 11.1 Å². The molecule has 2 aliphatic rings. The molecule has 0 spiro atoms. The van der Waals surface area contributed by atoms with Gasteiger partial charge in [0.15, 0.2) is 0 Å². The number of amides is 1. The van der Waals surface area contributed by atoms with Crippen LogP contribution in [0.2, 0.25) is 0 Å². The van der Waals surface area contributed by atoms with Crippen LogP contribution in [-0.2, 0) is 0 Å². The third-order valence-electron chi connectivity index (χ3n) is 4.52. The number of hydrogen-bond acceptors (Lipinski definition) is 5. The average molecular weight is 250 g/mol. The Balaban J connectivity index is 1.63. The SMILES string of the molecule is CC(NC(=O)c1nonc1N)C1CC2CCC1C2. The van der Waals surface area contributed by atoms with Crippen LogP contribution in [0.15, 0.2) is 4.63 Å². The van der Waals surface area contributed by atoms with Crippen molar-refractivity contribution in [3.63, 3.8) is 0 Å². The average Bonchev–Trinajstić information content (AvgIpc) is 3.03. The van der Waals surface area contributed by atoms with Gasteiger partial charge in [-0.2, -0.15) is 0 Å². The summed E-state index contributed by atoms with van der Waals surface area (Å²) < 4.78 is 4.44. The summed E-state index contributed by atoms with van der Waals surface area (Å²) in [5, 5.41) is 9.90. The van der Waals surface area contributed by atoms with Crippen LogP contribution in [0.4, 0.5) is 5.82 Å². The zero-order chi connectivity index (χ0) is 12.7. The molecule has 3 N–H and O–H groups in total. The quantitative estimate of drug-likeness (QED) is 0.840. The molecule has 2 fully saturated rings. The lowest BCUT2D eigenvalue weighted by molar-refractivity contribution is 0.0906. The number of carbonyl (C=O) groups is 1. The number of nitrogens with zero attached hydrogens (tertiary/aromatic N) is 2. The van der Waals surface area contributed by atoms with Gasteiger partial charge in [-0.15, -0.1) is 0 Å². The van der Waals surface area contributed by atoms with Gasteiger partial charge in [-0.05, 0) is 54.3 Å². The Hall–Kier alpha value is -1.59. The molecule has 0 radical (unpaired) electrons. The van der Waals surface area contributed by atoms with Crippen molar-refractivity contribution in [1.82, 2.24) is 15.6 Å². The molecular formula is C12H18N4O2. The number of aromatic nitrogens is 2. The van der Waals surface area contributed by atoms with E-state index in [4.69, 9.17) is 5.73 Å². The van der Waals surface area contributed by atoms with Gasteiger partial charge in [0.1, 0.15) is 0 Å². The molecule has 0 saturated heterocycles. The highest BCUT2D eigenvalue weighted by Crippen LogP contribution is 2.49. The summed E-state index contributed by atoms with van der Waals surface area (Å²) >= 11 is 0. The summed E-state index contributed by atoms with van der Waals surface area (Å²) in [5.74, 6) is 2.00. The molecule has 3 rings (SSSR count). The molecule has 98 valence electrons. The molecule has 2 aliphatic carbocycles. The molecule has 1 amide bonds. The summed E-state index contributed by atoms with van der Waals surface area (Å²) in [7, 11) is 0. The van der Waals surface area contributed by atoms with Crippen LogP contribution in [-0.4, -0.2) is 22.3 Å². The molecule has 18 heavy (non-hydrogen) atoms. The molecule has 0 aromatic carbocycles. The standard InChI is InChI=1S/C12H18N4O2/c1-6(9-5-7-2-3-8(9)4-7)14-12(17)10-11(13)16-18-15-10/h6-9H,2-5H2,1H3,(H2,13,16)(H,14,17). The molecule has 1 heterocycles. The van der Waals surface area contributed by atoms with Crippen molar-refractivity contribution < 1.29 is 9.42 Å². The maximum atomic E-state index is 11.9. The molecule has 1 aromatic heterocycles. The van der Waals surface area contributed by atoms with Gasteiger partial charge >= 0.3 is 0 Å². The van der Waals surface area contributed by atoms with E-state index in [-0.39, 0.29) is 23.5 Å². The van der Waals surface area contributed by atoms with Crippen LogP contribution in [0, 0.1) is 17.8 Å². The molecule has 6 nitrogen and oxygen atoms in total. The van der Waals surface area contributed by atoms with Gasteiger partial charge in [-0.3, -0.25) is 4.79 Å². The summed E-state index contributed by atoms with van der Waals surface area (Å²) in [5.41, 5.74) is 5.59. The summed E-state index contributed by atoms with van der Waals surface area (Å²) in [4.78, 5) is 11.9. The zero-order valence-corrected chi connectivity index (χ0v) is 10.4. The number of nitrogens with two attached hydrogens (primary N) is 1. The Bertz CT molecular complexity index is 459. The van der Waals surface area contributed by atoms with Crippen LogP contribution in [0.3, 0.4) is 0 Å². The van der Waals surface area contributed by atoms with E-state index in [2.05, 4.69) is 27.2 Å². The van der Waals surface area contributed by atoms with E-state index in [9.17, 15) is 4.79 Å². The van der Waals surface area contributed by atoms with E-state index < -0.39 is 0 Å². The largest absolute Gasteiger partial charge is 0.379 e. The number of nitrogens with one attached hydrogen (secondary N) is 1. The van der Waals surface area contributed by atoms with E-state index in [0.29, 0.717) is 5.92 Å². The van der Waals surface area contributed by atoms with Crippen LogP contribution in [0.25, 0.3) is 0 Å². The predicted octanol–water partition coefficient (Wildman–Crippen LogP) is 1.21. The van der Waals surface area contributed by atoms with Gasteiger partial charge in [-0.25, -0.2) is 4.63 Å². The smallest absolute Gasteiger partial charge is 0.277 e. The fourth-order valence-corrected chi connectivity index (χ4v) is 3.64. The zero-order valence-electron chi connectivity index (χ0n) is 10.4. The highest BCUT2D eigenvalue weighted by atomic mass is 16.6. The van der Waals surface area contributed by atoms with Crippen molar-refractivity contribution in [2.45, 2.75) is 38.6 Å². The first-order valence-electron chi connectivity index (χ1n) is 6.54. The molecule has 2 saturated carbocycles. The molecule has 4 unspecified atom stereocenters. The fourth-order valence-electron chi connectivity index (χ4n) is 3.64. The van der Waals surface area contributed by atoms with Gasteiger partial charge in [0.2, 0.25) is 11.5 Å². The number of fused-ring (bicyclic) bond motifs is 2. The van der Waals surface area contributed by atoms with Gasteiger partial charge in [-0.1, -0.05) is 6.42 Å². The van der Waals surface area contributed by atoms with Crippen molar-refractivity contribution in [2.24, 2.45) is 17.8 Å². The number of rotatable bonds is 3. The molecular weight excluding hydrogens is 232 g/mol. The second kappa shape index (κ2) is 4.26. The predicted molar refractivity (Wildman–Crippen MR) is 64.6 cm³/mol. The van der Waals surface area contributed by atoms with E-state index >= 15 is 0 Å². The molecule has 0 aliphatic heterocycles. The Morgan fingerprint density at radius 1 is 1.44 bits per heavy atom. The monoisotopic (exact) mass is 250 g/mol. The first-order valence-corrected chi connectivity index (χ1v) is 6.54. The lowest BCUT2D eigenvalue weighted by Crippen LogP contribution is -2.40. The minimum atomic E-state index is -0.288. The van der Waals surface area contributed by atoms with Gasteiger partial charge < -0.3 is 11.1 Å². The molecule has 2 bridgehead atoms. The third kappa shape index (κ3) is 1.85. The van der Waals surface area contributed by atoms with Gasteiger partial charge in [0.25, 0.3) is 5.91 Å². The summed E-state index contributed by atoms with van der Waals surface area (Å²) in [6.45, 7) is 2.06. The minimum Gasteiger partial charge on any atom is -0.379 e. The highest BCUT2D eigenvalue weighted by Gasteiger charge is 2.42. The second-order valence-corrected chi connectivity index (χ2v) is 5.60. The topological polar surface area (TPSA) is 94.0 Å². The molecule has 1 aromatic rings. The Labute approximate surface area is 105 Å². The first kappa shape index (κ1) is 11.5. The van der Waals surface area contributed by atoms with Crippen LogP contribution in [0.5, 0.6) is 0 Å². The Kier molecular flexibility index (Phi) is 2.72. The lowest BCUT2D eigenvalue weighted by atomic mass is 9.84. The number of hydrogen-bond donors (Lipinski definition) is 2. The van der Waals surface area contributed by atoms with Crippen molar-refractivity contribution in [1.29, 1.82) is 0 Å². The number of anilines is 1. The minimum absolute atomic E-state index is 0.0487. The Morgan fingerprint density at radius 3 is 2.83 bits per heavy atom. The number of carbonyl (C=O) groups excluding carboxylic acids is 1. The second-order valence-electron chi connectivity index (χ2n) is 5.60. The maximum absolute atomic E-state index is 11.9.